The van der Waals surface area contributed by atoms with Gasteiger partial charge in [-0.1, -0.05) is 0 Å². The maximum atomic E-state index is 12.1. The van der Waals surface area contributed by atoms with Gasteiger partial charge >= 0.3 is 6.36 Å². The van der Waals surface area contributed by atoms with Crippen molar-refractivity contribution in [2.45, 2.75) is 30.6 Å². The van der Waals surface area contributed by atoms with Crippen LogP contribution in [-0.4, -0.2) is 44.7 Å². The van der Waals surface area contributed by atoms with Crippen molar-refractivity contribution in [1.29, 1.82) is 0 Å². The molecule has 2 rings (SSSR count). The molecule has 0 unspecified atom stereocenters. The molecule has 0 aliphatic carbocycles. The first-order valence-electron chi connectivity index (χ1n) is 9.33. The third kappa shape index (κ3) is 9.31. The highest BCUT2D eigenvalue weighted by molar-refractivity contribution is 7.89. The molecule has 0 bridgehead atoms. The van der Waals surface area contributed by atoms with Crippen LogP contribution >= 0.6 is 0 Å². The van der Waals surface area contributed by atoms with Crippen LogP contribution in [0, 0.1) is 0 Å². The van der Waals surface area contributed by atoms with Gasteiger partial charge in [0.2, 0.25) is 21.8 Å². The number of hydrogen-bond donors (Lipinski definition) is 3. The second kappa shape index (κ2) is 11.4. The summed E-state index contributed by atoms with van der Waals surface area (Å²) in [6.45, 7) is 0.179. The van der Waals surface area contributed by atoms with Gasteiger partial charge < -0.3 is 15.4 Å². The lowest BCUT2D eigenvalue weighted by atomic mass is 10.2. The fourth-order valence-electron chi connectivity index (χ4n) is 2.40. The minimum Gasteiger partial charge on any atom is -0.406 e. The Morgan fingerprint density at radius 2 is 1.50 bits per heavy atom. The Morgan fingerprint density at radius 1 is 0.906 bits per heavy atom. The van der Waals surface area contributed by atoms with Crippen LogP contribution in [-0.2, 0) is 26.2 Å². The molecule has 174 valence electrons. The predicted molar refractivity (Wildman–Crippen MR) is 107 cm³/mol. The largest absolute Gasteiger partial charge is 0.573 e. The number of sulfonamides is 1. The van der Waals surface area contributed by atoms with E-state index >= 15 is 0 Å². The SMILES string of the molecule is O=C(CCNS(=O)(=O)c1ccc(OC(F)(F)F)cc1)NCCC(=O)NCc1ccncc1. The Labute approximate surface area is 182 Å². The minimum absolute atomic E-state index is 0.0505. The Hall–Kier alpha value is -3.19. The number of ether oxygens (including phenoxy) is 1. The van der Waals surface area contributed by atoms with E-state index < -0.39 is 28.0 Å². The first-order chi connectivity index (χ1) is 15.0. The fourth-order valence-corrected chi connectivity index (χ4v) is 3.43. The average Bonchev–Trinajstić information content (AvgIpc) is 2.72. The van der Waals surface area contributed by atoms with E-state index in [2.05, 4.69) is 25.1 Å². The summed E-state index contributed by atoms with van der Waals surface area (Å²) in [6.07, 6.45) is -1.81. The molecule has 1 aromatic heterocycles. The van der Waals surface area contributed by atoms with Gasteiger partial charge in [-0.25, -0.2) is 13.1 Å². The van der Waals surface area contributed by atoms with E-state index in [0.717, 1.165) is 29.8 Å². The molecule has 1 aromatic carbocycles. The molecular formula is C19H21F3N4O5S. The number of rotatable bonds is 11. The molecule has 0 fully saturated rings. The molecule has 0 saturated heterocycles. The Balaban J connectivity index is 1.66. The molecule has 0 atom stereocenters. The molecule has 2 amide bonds. The smallest absolute Gasteiger partial charge is 0.406 e. The molecule has 0 aliphatic rings. The first kappa shape index (κ1) is 25.1. The predicted octanol–water partition coefficient (Wildman–Crippen LogP) is 1.47. The van der Waals surface area contributed by atoms with E-state index in [0.29, 0.717) is 6.54 Å². The van der Waals surface area contributed by atoms with Crippen molar-refractivity contribution in [3.8, 4) is 5.75 Å². The zero-order chi connectivity index (χ0) is 23.6. The van der Waals surface area contributed by atoms with Gasteiger partial charge in [0.05, 0.1) is 4.90 Å². The highest BCUT2D eigenvalue weighted by Crippen LogP contribution is 2.23. The normalized spacial score (nSPS) is 11.6. The zero-order valence-corrected chi connectivity index (χ0v) is 17.5. The zero-order valence-electron chi connectivity index (χ0n) is 16.7. The molecule has 2 aromatic rings. The molecule has 13 heteroatoms. The summed E-state index contributed by atoms with van der Waals surface area (Å²) in [5.74, 6) is -1.29. The summed E-state index contributed by atoms with van der Waals surface area (Å²) in [7, 11) is -4.02. The van der Waals surface area contributed by atoms with E-state index in [-0.39, 0.29) is 36.7 Å². The number of halogens is 3. The van der Waals surface area contributed by atoms with Gasteiger partial charge in [-0.3, -0.25) is 14.6 Å². The molecule has 0 saturated carbocycles. The third-order valence-corrected chi connectivity index (χ3v) is 5.40. The van der Waals surface area contributed by atoms with E-state index in [1.54, 1.807) is 24.5 Å². The number of amides is 2. The second-order valence-electron chi connectivity index (χ2n) is 6.40. The molecule has 0 spiro atoms. The van der Waals surface area contributed by atoms with Crippen LogP contribution < -0.4 is 20.1 Å². The quantitative estimate of drug-likeness (QED) is 0.453. The molecule has 9 nitrogen and oxygen atoms in total. The number of carbonyl (C=O) groups excluding carboxylic acids is 2. The van der Waals surface area contributed by atoms with Crippen LogP contribution in [0.3, 0.4) is 0 Å². The highest BCUT2D eigenvalue weighted by Gasteiger charge is 2.31. The molecular weight excluding hydrogens is 453 g/mol. The van der Waals surface area contributed by atoms with Crippen molar-refractivity contribution in [3.63, 3.8) is 0 Å². The molecule has 0 radical (unpaired) electrons. The van der Waals surface area contributed by atoms with Crippen molar-refractivity contribution in [2.24, 2.45) is 0 Å². The summed E-state index contributed by atoms with van der Waals surface area (Å²) in [6, 6.07) is 7.16. The van der Waals surface area contributed by atoms with E-state index in [1.807, 2.05) is 0 Å². The average molecular weight is 474 g/mol. The third-order valence-electron chi connectivity index (χ3n) is 3.93. The summed E-state index contributed by atoms with van der Waals surface area (Å²) in [5, 5.41) is 5.19. The summed E-state index contributed by atoms with van der Waals surface area (Å²) in [5.41, 5.74) is 0.882. The van der Waals surface area contributed by atoms with Crippen molar-refractivity contribution in [1.82, 2.24) is 20.3 Å². The van der Waals surface area contributed by atoms with Gasteiger partial charge in [-0.05, 0) is 42.0 Å². The number of pyridine rings is 1. The summed E-state index contributed by atoms with van der Waals surface area (Å²) < 4.78 is 66.6. The minimum atomic E-state index is -4.88. The fraction of sp³-hybridized carbons (Fsp3) is 0.316. The number of carbonyl (C=O) groups is 2. The Bertz CT molecular complexity index is 1000. The number of benzene rings is 1. The van der Waals surface area contributed by atoms with Gasteiger partial charge in [0.1, 0.15) is 5.75 Å². The molecule has 3 N–H and O–H groups in total. The first-order valence-corrected chi connectivity index (χ1v) is 10.8. The number of alkyl halides is 3. The van der Waals surface area contributed by atoms with Crippen LogP contribution in [0.2, 0.25) is 0 Å². The lowest BCUT2D eigenvalue weighted by molar-refractivity contribution is -0.274. The van der Waals surface area contributed by atoms with Crippen molar-refractivity contribution < 1.29 is 35.9 Å². The highest BCUT2D eigenvalue weighted by atomic mass is 32.2. The van der Waals surface area contributed by atoms with E-state index in [4.69, 9.17) is 0 Å². The van der Waals surface area contributed by atoms with Crippen LogP contribution in [0.1, 0.15) is 18.4 Å². The molecule has 32 heavy (non-hydrogen) atoms. The van der Waals surface area contributed by atoms with Gasteiger partial charge in [0, 0.05) is 44.9 Å². The Kier molecular flexibility index (Phi) is 8.96. The number of hydrogen-bond acceptors (Lipinski definition) is 6. The van der Waals surface area contributed by atoms with Crippen molar-refractivity contribution in [2.75, 3.05) is 13.1 Å². The number of nitrogens with one attached hydrogen (secondary N) is 3. The number of nitrogens with zero attached hydrogens (tertiary/aromatic N) is 1. The van der Waals surface area contributed by atoms with Gasteiger partial charge in [0.15, 0.2) is 0 Å². The number of aromatic nitrogens is 1. The van der Waals surface area contributed by atoms with Crippen LogP contribution in [0.5, 0.6) is 5.75 Å². The molecule has 1 heterocycles. The maximum absolute atomic E-state index is 12.1. The van der Waals surface area contributed by atoms with Crippen molar-refractivity contribution in [3.05, 3.63) is 54.4 Å². The second-order valence-corrected chi connectivity index (χ2v) is 8.17. The van der Waals surface area contributed by atoms with E-state index in [9.17, 15) is 31.2 Å². The summed E-state index contributed by atoms with van der Waals surface area (Å²) in [4.78, 5) is 27.1. The summed E-state index contributed by atoms with van der Waals surface area (Å²) >= 11 is 0. The van der Waals surface area contributed by atoms with Gasteiger partial charge in [0.25, 0.3) is 0 Å². The standard InChI is InChI=1S/C19H21F3N4O5S/c20-19(21,22)31-15-1-3-16(4-2-15)32(29,30)26-12-8-17(27)24-11-7-18(28)25-13-14-5-9-23-10-6-14/h1-6,9-10,26H,7-8,11-13H2,(H,24,27)(H,25,28). The topological polar surface area (TPSA) is 126 Å². The van der Waals surface area contributed by atoms with Crippen LogP contribution in [0.25, 0.3) is 0 Å². The van der Waals surface area contributed by atoms with E-state index in [1.165, 1.54) is 0 Å². The van der Waals surface area contributed by atoms with Gasteiger partial charge in [-0.2, -0.15) is 0 Å². The molecule has 0 aliphatic heterocycles. The van der Waals surface area contributed by atoms with Crippen molar-refractivity contribution >= 4 is 21.8 Å². The monoisotopic (exact) mass is 474 g/mol. The lowest BCUT2D eigenvalue weighted by Gasteiger charge is -2.10. The maximum Gasteiger partial charge on any atom is 0.573 e. The lowest BCUT2D eigenvalue weighted by Crippen LogP contribution is -2.33. The van der Waals surface area contributed by atoms with Crippen LogP contribution in [0.15, 0.2) is 53.7 Å². The Morgan fingerprint density at radius 3 is 2.12 bits per heavy atom. The van der Waals surface area contributed by atoms with Gasteiger partial charge in [-0.15, -0.1) is 13.2 Å². The van der Waals surface area contributed by atoms with Crippen LogP contribution in [0.4, 0.5) is 13.2 Å².